The molecule has 8 heteroatoms. The Bertz CT molecular complexity index is 1330. The minimum Gasteiger partial charge on any atom is -0.447 e. The minimum atomic E-state index is -2.09. The summed E-state index contributed by atoms with van der Waals surface area (Å²) in [6.45, 7) is 19.6. The van der Waals surface area contributed by atoms with Crippen molar-refractivity contribution in [1.29, 1.82) is 0 Å². The number of cyclic esters (lactones) is 1. The molecule has 5 atom stereocenters. The van der Waals surface area contributed by atoms with E-state index in [1.165, 1.54) is 4.90 Å². The van der Waals surface area contributed by atoms with Crippen LogP contribution >= 0.6 is 0 Å². The number of carbonyl (C=O) groups is 2. The van der Waals surface area contributed by atoms with E-state index in [4.69, 9.17) is 13.9 Å². The van der Waals surface area contributed by atoms with E-state index in [-0.39, 0.29) is 23.9 Å². The van der Waals surface area contributed by atoms with E-state index < -0.39 is 38.4 Å². The number of hydrogen-bond acceptors (Lipinski definition) is 6. The molecule has 252 valence electrons. The minimum absolute atomic E-state index is 0.0489. The second-order valence-electron chi connectivity index (χ2n) is 14.1. The molecule has 1 aliphatic heterocycles. The van der Waals surface area contributed by atoms with Gasteiger partial charge in [0.05, 0.1) is 36.9 Å². The topological polar surface area (TPSA) is 85.3 Å². The van der Waals surface area contributed by atoms with Crippen LogP contribution in [-0.2, 0) is 31.7 Å². The van der Waals surface area contributed by atoms with Gasteiger partial charge in [-0.3, -0.25) is 4.79 Å². The maximum absolute atomic E-state index is 13.7. The fourth-order valence-corrected chi connectivity index (χ4v) is 6.80. The summed E-state index contributed by atoms with van der Waals surface area (Å²) in [4.78, 5) is 27.5. The number of aliphatic hydroxyl groups excluding tert-OH is 1. The molecule has 2 amide bonds. The Morgan fingerprint density at radius 1 is 1.07 bits per heavy atom. The highest BCUT2D eigenvalue weighted by molar-refractivity contribution is 6.74. The maximum atomic E-state index is 13.7. The van der Waals surface area contributed by atoms with Gasteiger partial charge in [0.25, 0.3) is 0 Å². The summed E-state index contributed by atoms with van der Waals surface area (Å²) in [6.07, 6.45) is 3.60. The number of amides is 2. The molecule has 0 aliphatic carbocycles. The van der Waals surface area contributed by atoms with Crippen molar-refractivity contribution in [2.24, 2.45) is 5.92 Å². The Labute approximate surface area is 277 Å². The van der Waals surface area contributed by atoms with Crippen LogP contribution in [0.25, 0.3) is 0 Å². The lowest BCUT2D eigenvalue weighted by molar-refractivity contribution is -0.136. The first-order chi connectivity index (χ1) is 21.6. The average Bonchev–Trinajstić information content (AvgIpc) is 3.37. The molecule has 0 bridgehead atoms. The van der Waals surface area contributed by atoms with Gasteiger partial charge in [-0.15, -0.1) is 0 Å². The Balaban J connectivity index is 1.73. The number of carbonyl (C=O) groups excluding carboxylic acids is 2. The second-order valence-corrected chi connectivity index (χ2v) is 18.8. The number of nitrogens with zero attached hydrogens (tertiary/aromatic N) is 1. The third-order valence-electron chi connectivity index (χ3n) is 9.38. The molecule has 0 aromatic heterocycles. The Kier molecular flexibility index (Phi) is 13.6. The average molecular weight is 650 g/mol. The zero-order chi connectivity index (χ0) is 34.1. The molecule has 46 heavy (non-hydrogen) atoms. The number of benzene rings is 2. The van der Waals surface area contributed by atoms with Crippen molar-refractivity contribution >= 4 is 20.3 Å². The molecule has 0 unspecified atom stereocenters. The van der Waals surface area contributed by atoms with E-state index in [0.29, 0.717) is 31.4 Å². The lowest BCUT2D eigenvalue weighted by atomic mass is 9.91. The predicted molar refractivity (Wildman–Crippen MR) is 187 cm³/mol. The molecular formula is C38H55NO6Si. The van der Waals surface area contributed by atoms with E-state index >= 15 is 0 Å². The first-order valence-corrected chi connectivity index (χ1v) is 19.5. The predicted octanol–water partition coefficient (Wildman–Crippen LogP) is 8.24. The molecule has 2 aromatic rings. The van der Waals surface area contributed by atoms with Gasteiger partial charge in [-0.05, 0) is 74.9 Å². The normalized spacial score (nSPS) is 19.0. The number of ether oxygens (including phenoxy) is 2. The molecule has 0 spiro atoms. The molecule has 1 aliphatic rings. The quantitative estimate of drug-likeness (QED) is 0.155. The van der Waals surface area contributed by atoms with Crippen molar-refractivity contribution in [3.63, 3.8) is 0 Å². The fraction of sp³-hybridized carbons (Fsp3) is 0.526. The molecule has 7 nitrogen and oxygen atoms in total. The van der Waals surface area contributed by atoms with Crippen molar-refractivity contribution in [3.8, 4) is 0 Å². The van der Waals surface area contributed by atoms with Gasteiger partial charge in [0.1, 0.15) is 6.61 Å². The van der Waals surface area contributed by atoms with Crippen LogP contribution in [0.15, 0.2) is 84.0 Å². The van der Waals surface area contributed by atoms with Crippen LogP contribution in [0.5, 0.6) is 0 Å². The largest absolute Gasteiger partial charge is 0.447 e. The van der Waals surface area contributed by atoms with Gasteiger partial charge in [-0.25, -0.2) is 9.69 Å². The fourth-order valence-electron chi connectivity index (χ4n) is 5.40. The Morgan fingerprint density at radius 3 is 2.22 bits per heavy atom. The third-order valence-corrected chi connectivity index (χ3v) is 13.9. The van der Waals surface area contributed by atoms with Crippen LogP contribution < -0.4 is 0 Å². The van der Waals surface area contributed by atoms with E-state index in [1.807, 2.05) is 75.4 Å². The summed E-state index contributed by atoms with van der Waals surface area (Å²) in [5.74, 6) is -1.17. The summed E-state index contributed by atoms with van der Waals surface area (Å²) in [5, 5.41) is 11.4. The summed E-state index contributed by atoms with van der Waals surface area (Å²) in [5.41, 5.74) is 3.76. The van der Waals surface area contributed by atoms with Crippen LogP contribution in [0.3, 0.4) is 0 Å². The van der Waals surface area contributed by atoms with Crippen molar-refractivity contribution in [2.45, 2.75) is 117 Å². The number of hydrogen-bond donors (Lipinski definition) is 1. The van der Waals surface area contributed by atoms with Crippen LogP contribution in [-0.4, -0.2) is 61.3 Å². The molecule has 1 N–H and O–H groups in total. The van der Waals surface area contributed by atoms with Crippen molar-refractivity contribution < 1.29 is 28.6 Å². The zero-order valence-electron chi connectivity index (χ0n) is 29.3. The smallest absolute Gasteiger partial charge is 0.416 e. The van der Waals surface area contributed by atoms with E-state index in [1.54, 1.807) is 0 Å². The summed E-state index contributed by atoms with van der Waals surface area (Å²) >= 11 is 0. The van der Waals surface area contributed by atoms with Gasteiger partial charge < -0.3 is 19.0 Å². The number of rotatable bonds is 15. The van der Waals surface area contributed by atoms with Gasteiger partial charge in [0, 0.05) is 0 Å². The summed E-state index contributed by atoms with van der Waals surface area (Å²) < 4.78 is 18.5. The third kappa shape index (κ3) is 10.2. The molecule has 1 fully saturated rings. The number of allylic oxidation sites excluding steroid dienone is 2. The van der Waals surface area contributed by atoms with Gasteiger partial charge >= 0.3 is 6.09 Å². The first-order valence-electron chi connectivity index (χ1n) is 16.5. The number of aliphatic hydroxyl groups is 1. The Morgan fingerprint density at radius 2 is 1.65 bits per heavy atom. The lowest BCUT2D eigenvalue weighted by Crippen LogP contribution is -2.47. The molecule has 1 saturated heterocycles. The first kappa shape index (κ1) is 37.4. The zero-order valence-corrected chi connectivity index (χ0v) is 30.3. The van der Waals surface area contributed by atoms with Crippen LogP contribution in [0.4, 0.5) is 4.79 Å². The van der Waals surface area contributed by atoms with Crippen molar-refractivity contribution in [2.75, 3.05) is 6.61 Å². The monoisotopic (exact) mass is 649 g/mol. The second kappa shape index (κ2) is 16.7. The van der Waals surface area contributed by atoms with Gasteiger partial charge in [-0.1, -0.05) is 106 Å². The Hall–Kier alpha value is -3.04. The van der Waals surface area contributed by atoms with Crippen molar-refractivity contribution in [1.82, 2.24) is 4.90 Å². The van der Waals surface area contributed by atoms with Crippen LogP contribution in [0, 0.1) is 5.92 Å². The highest BCUT2D eigenvalue weighted by Gasteiger charge is 2.43. The summed E-state index contributed by atoms with van der Waals surface area (Å²) in [6, 6.07) is 19.5. The van der Waals surface area contributed by atoms with Crippen LogP contribution in [0.1, 0.15) is 72.4 Å². The highest BCUT2D eigenvalue weighted by atomic mass is 28.4. The molecule has 2 aromatic carbocycles. The SMILES string of the molecule is CC[C@@H](C(=O)N1C(=O)OC[C@H]1Cc1ccccc1)[C@@H](O)/C(C)=C/C(C)=C/C[C@H](O[Si](C)(C)C(C)(C)C)[C@H](C)OCc1ccccc1. The molecule has 1 heterocycles. The van der Waals surface area contributed by atoms with Gasteiger partial charge in [0.2, 0.25) is 5.91 Å². The lowest BCUT2D eigenvalue weighted by Gasteiger charge is -2.40. The highest BCUT2D eigenvalue weighted by Crippen LogP contribution is 2.38. The molecule has 0 saturated carbocycles. The van der Waals surface area contributed by atoms with Gasteiger partial charge in [0.15, 0.2) is 8.32 Å². The molecule has 3 rings (SSSR count). The summed E-state index contributed by atoms with van der Waals surface area (Å²) in [7, 11) is -2.09. The van der Waals surface area contributed by atoms with Crippen LogP contribution in [0.2, 0.25) is 18.1 Å². The standard InChI is InChI=1S/C38H55NO6Si/c1-10-33(36(41)39-32(26-44-37(39)42)24-30-17-13-11-14-18-30)35(40)28(3)23-27(2)21-22-34(45-46(8,9)38(5,6)7)29(4)43-25-31-19-15-12-16-20-31/h11-21,23,29,32-35,40H,10,22,24-26H2,1-9H3/b27-21+,28-23+/t29-,32+,33+,34-,35-/m0/s1. The van der Waals surface area contributed by atoms with E-state index in [0.717, 1.165) is 16.7 Å². The van der Waals surface area contributed by atoms with E-state index in [2.05, 4.69) is 59.0 Å². The maximum Gasteiger partial charge on any atom is 0.416 e. The number of imide groups is 1. The molecular weight excluding hydrogens is 595 g/mol. The van der Waals surface area contributed by atoms with E-state index in [9.17, 15) is 14.7 Å². The molecule has 0 radical (unpaired) electrons. The van der Waals surface area contributed by atoms with Gasteiger partial charge in [-0.2, -0.15) is 0 Å². The van der Waals surface area contributed by atoms with Crippen molar-refractivity contribution in [3.05, 3.63) is 95.1 Å².